The van der Waals surface area contributed by atoms with Crippen molar-refractivity contribution < 1.29 is 0 Å². The first-order valence-corrected chi connectivity index (χ1v) is 6.88. The molecule has 5 heteroatoms. The Balaban J connectivity index is 1.89. The van der Waals surface area contributed by atoms with E-state index >= 15 is 0 Å². The second-order valence-electron chi connectivity index (χ2n) is 3.19. The molecule has 1 aromatic carbocycles. The van der Waals surface area contributed by atoms with Crippen LogP contribution in [0.4, 0.5) is 5.13 Å². The topological polar surface area (TPSA) is 37.8 Å². The van der Waals surface area contributed by atoms with Gasteiger partial charge in [-0.3, -0.25) is 0 Å². The van der Waals surface area contributed by atoms with Crippen LogP contribution in [0, 0.1) is 0 Å². The summed E-state index contributed by atoms with van der Waals surface area (Å²) >= 11 is 3.08. The Kier molecular flexibility index (Phi) is 4.18. The van der Waals surface area contributed by atoms with Crippen LogP contribution >= 0.6 is 23.3 Å². The van der Waals surface area contributed by atoms with Gasteiger partial charge in [0, 0.05) is 23.8 Å². The molecule has 3 nitrogen and oxygen atoms in total. The van der Waals surface area contributed by atoms with Crippen molar-refractivity contribution >= 4 is 28.4 Å². The molecule has 0 aliphatic heterocycles. The normalized spacial score (nSPS) is 10.3. The number of hydrogen-bond acceptors (Lipinski definition) is 5. The quantitative estimate of drug-likeness (QED) is 0.828. The van der Waals surface area contributed by atoms with E-state index in [4.69, 9.17) is 0 Å². The summed E-state index contributed by atoms with van der Waals surface area (Å²) in [5.74, 6) is 0.920. The van der Waals surface area contributed by atoms with Crippen LogP contribution in [0.3, 0.4) is 0 Å². The third-order valence-electron chi connectivity index (χ3n) is 1.95. The molecule has 0 radical (unpaired) electrons. The molecular weight excluding hydrogens is 238 g/mol. The minimum atomic E-state index is 0.852. The smallest absolute Gasteiger partial charge is 0.203 e. The van der Waals surface area contributed by atoms with Gasteiger partial charge in [-0.2, -0.15) is 9.36 Å². The second kappa shape index (κ2) is 5.86. The molecule has 1 N–H and O–H groups in total. The molecule has 0 aliphatic rings. The lowest BCUT2D eigenvalue weighted by molar-refractivity contribution is 1.06. The number of rotatable bonds is 5. The number of anilines is 1. The van der Waals surface area contributed by atoms with Crippen LogP contribution in [0.15, 0.2) is 35.5 Å². The number of thioether (sulfide) groups is 1. The predicted molar refractivity (Wildman–Crippen MR) is 70.1 cm³/mol. The van der Waals surface area contributed by atoms with Gasteiger partial charge >= 0.3 is 0 Å². The van der Waals surface area contributed by atoms with Gasteiger partial charge in [-0.25, -0.2) is 0 Å². The number of nitrogens with one attached hydrogen (secondary N) is 1. The molecule has 0 fully saturated rings. The average Bonchev–Trinajstić information content (AvgIpc) is 2.76. The van der Waals surface area contributed by atoms with Gasteiger partial charge < -0.3 is 5.32 Å². The maximum absolute atomic E-state index is 4.37. The predicted octanol–water partition coefficient (Wildman–Crippen LogP) is 3.26. The fourth-order valence-electron chi connectivity index (χ4n) is 1.21. The first kappa shape index (κ1) is 11.4. The second-order valence-corrected chi connectivity index (χ2v) is 4.88. The highest BCUT2D eigenvalue weighted by Crippen LogP contribution is 2.23. The van der Waals surface area contributed by atoms with Crippen LogP contribution in [0.2, 0.25) is 0 Å². The maximum atomic E-state index is 4.37. The standard InChI is InChI=1S/C11H13N3S2/c1-2-12-10-13-11(14-16-10)15-8-9-6-4-3-5-7-9/h3-7H,2,8H2,1H3,(H,12,13,14). The van der Waals surface area contributed by atoms with Crippen LogP contribution in [0.1, 0.15) is 12.5 Å². The molecule has 1 aromatic heterocycles. The summed E-state index contributed by atoms with van der Waals surface area (Å²) < 4.78 is 4.28. The van der Waals surface area contributed by atoms with Crippen molar-refractivity contribution in [3.8, 4) is 0 Å². The molecule has 0 saturated heterocycles. The molecular formula is C11H13N3S2. The van der Waals surface area contributed by atoms with E-state index in [0.29, 0.717) is 0 Å². The summed E-state index contributed by atoms with van der Waals surface area (Å²) in [7, 11) is 0. The third kappa shape index (κ3) is 3.21. The molecule has 2 aromatic rings. The maximum Gasteiger partial charge on any atom is 0.203 e. The third-order valence-corrected chi connectivity index (χ3v) is 3.65. The Bertz CT molecular complexity index is 428. The van der Waals surface area contributed by atoms with Gasteiger partial charge in [0.25, 0.3) is 0 Å². The number of aromatic nitrogens is 2. The molecule has 2 rings (SSSR count). The van der Waals surface area contributed by atoms with Crippen LogP contribution in [0.25, 0.3) is 0 Å². The summed E-state index contributed by atoms with van der Waals surface area (Å²) in [6.45, 7) is 2.94. The fraction of sp³-hybridized carbons (Fsp3) is 0.273. The largest absolute Gasteiger partial charge is 0.361 e. The van der Waals surface area contributed by atoms with E-state index in [2.05, 4.69) is 45.9 Å². The zero-order chi connectivity index (χ0) is 11.2. The van der Waals surface area contributed by atoms with Crippen LogP contribution < -0.4 is 5.32 Å². The van der Waals surface area contributed by atoms with Gasteiger partial charge in [-0.1, -0.05) is 42.1 Å². The molecule has 84 valence electrons. The van der Waals surface area contributed by atoms with Crippen molar-refractivity contribution in [1.29, 1.82) is 0 Å². The van der Waals surface area contributed by atoms with E-state index in [1.165, 1.54) is 17.1 Å². The fourth-order valence-corrected chi connectivity index (χ4v) is 2.78. The van der Waals surface area contributed by atoms with Crippen molar-refractivity contribution in [3.05, 3.63) is 35.9 Å². The zero-order valence-electron chi connectivity index (χ0n) is 9.01. The first-order chi connectivity index (χ1) is 7.88. The van der Waals surface area contributed by atoms with Crippen molar-refractivity contribution in [2.75, 3.05) is 11.9 Å². The Morgan fingerprint density at radius 3 is 2.88 bits per heavy atom. The Morgan fingerprint density at radius 2 is 2.12 bits per heavy atom. The number of hydrogen-bond donors (Lipinski definition) is 1. The molecule has 0 saturated carbocycles. The molecule has 1 heterocycles. The molecule has 0 aliphatic carbocycles. The summed E-state index contributed by atoms with van der Waals surface area (Å²) in [6, 6.07) is 10.4. The molecule has 0 bridgehead atoms. The highest BCUT2D eigenvalue weighted by Gasteiger charge is 2.03. The highest BCUT2D eigenvalue weighted by atomic mass is 32.2. The molecule has 0 unspecified atom stereocenters. The molecule has 16 heavy (non-hydrogen) atoms. The van der Waals surface area contributed by atoms with E-state index in [0.717, 1.165) is 22.6 Å². The molecule has 0 spiro atoms. The minimum Gasteiger partial charge on any atom is -0.361 e. The lowest BCUT2D eigenvalue weighted by Gasteiger charge is -1.97. The van der Waals surface area contributed by atoms with Gasteiger partial charge in [0.15, 0.2) is 0 Å². The van der Waals surface area contributed by atoms with Gasteiger partial charge in [-0.15, -0.1) is 0 Å². The van der Waals surface area contributed by atoms with Crippen LogP contribution in [0.5, 0.6) is 0 Å². The molecule has 0 atom stereocenters. The Morgan fingerprint density at radius 1 is 1.31 bits per heavy atom. The summed E-state index contributed by atoms with van der Waals surface area (Å²) in [6.07, 6.45) is 0. The van der Waals surface area contributed by atoms with Crippen molar-refractivity contribution in [2.24, 2.45) is 0 Å². The Labute approximate surface area is 103 Å². The highest BCUT2D eigenvalue weighted by molar-refractivity contribution is 7.98. The monoisotopic (exact) mass is 251 g/mol. The van der Waals surface area contributed by atoms with Crippen LogP contribution in [-0.2, 0) is 5.75 Å². The van der Waals surface area contributed by atoms with E-state index in [9.17, 15) is 0 Å². The van der Waals surface area contributed by atoms with Gasteiger partial charge in [0.1, 0.15) is 0 Å². The van der Waals surface area contributed by atoms with Crippen molar-refractivity contribution in [2.45, 2.75) is 17.8 Å². The van der Waals surface area contributed by atoms with Gasteiger partial charge in [-0.05, 0) is 12.5 Å². The van der Waals surface area contributed by atoms with Crippen molar-refractivity contribution in [3.63, 3.8) is 0 Å². The lowest BCUT2D eigenvalue weighted by Crippen LogP contribution is -1.94. The minimum absolute atomic E-state index is 0.852. The zero-order valence-corrected chi connectivity index (χ0v) is 10.6. The number of benzene rings is 1. The Hall–Kier alpha value is -1.07. The van der Waals surface area contributed by atoms with E-state index < -0.39 is 0 Å². The lowest BCUT2D eigenvalue weighted by atomic mass is 10.2. The summed E-state index contributed by atoms with van der Waals surface area (Å²) in [4.78, 5) is 4.37. The molecule has 0 amide bonds. The number of nitrogens with zero attached hydrogens (tertiary/aromatic N) is 2. The summed E-state index contributed by atoms with van der Waals surface area (Å²) in [5, 5.41) is 4.91. The van der Waals surface area contributed by atoms with Crippen LogP contribution in [-0.4, -0.2) is 15.9 Å². The van der Waals surface area contributed by atoms with Gasteiger partial charge in [0.2, 0.25) is 10.3 Å². The summed E-state index contributed by atoms with van der Waals surface area (Å²) in [5.41, 5.74) is 1.30. The van der Waals surface area contributed by atoms with Gasteiger partial charge in [0.05, 0.1) is 0 Å². The van der Waals surface area contributed by atoms with E-state index in [1.54, 1.807) is 11.8 Å². The average molecular weight is 251 g/mol. The SMILES string of the molecule is CCNc1nc(SCc2ccccc2)ns1. The van der Waals surface area contributed by atoms with E-state index in [-0.39, 0.29) is 0 Å². The van der Waals surface area contributed by atoms with E-state index in [1.807, 2.05) is 6.07 Å². The first-order valence-electron chi connectivity index (χ1n) is 5.13. The van der Waals surface area contributed by atoms with Crippen molar-refractivity contribution in [1.82, 2.24) is 9.36 Å².